The van der Waals surface area contributed by atoms with E-state index in [0.29, 0.717) is 25.1 Å². The van der Waals surface area contributed by atoms with Gasteiger partial charge >= 0.3 is 5.97 Å². The summed E-state index contributed by atoms with van der Waals surface area (Å²) in [5.74, 6) is -0.264. The highest BCUT2D eigenvalue weighted by atomic mass is 16.5. The molecule has 0 unspecified atom stereocenters. The lowest BCUT2D eigenvalue weighted by atomic mass is 10.2. The molecule has 0 fully saturated rings. The summed E-state index contributed by atoms with van der Waals surface area (Å²) in [6, 6.07) is 8.01. The van der Waals surface area contributed by atoms with Crippen molar-refractivity contribution < 1.29 is 14.3 Å². The fourth-order valence-electron chi connectivity index (χ4n) is 1.68. The fraction of sp³-hybridized carbons (Fsp3) is 0.400. The SMILES string of the molecule is CC/C(=C/CNc1ccc(COC)cc1)C(=O)OC. The number of esters is 1. The van der Waals surface area contributed by atoms with E-state index in [4.69, 9.17) is 9.47 Å². The molecule has 0 radical (unpaired) electrons. The molecule has 0 aromatic heterocycles. The fourth-order valence-corrected chi connectivity index (χ4v) is 1.68. The van der Waals surface area contributed by atoms with Crippen molar-refractivity contribution in [3.63, 3.8) is 0 Å². The van der Waals surface area contributed by atoms with E-state index in [1.54, 1.807) is 7.11 Å². The summed E-state index contributed by atoms with van der Waals surface area (Å²) in [6.45, 7) is 3.15. The van der Waals surface area contributed by atoms with Gasteiger partial charge in [-0.05, 0) is 24.1 Å². The third-order valence-corrected chi connectivity index (χ3v) is 2.75. The molecule has 0 saturated carbocycles. The molecule has 0 amide bonds. The molecule has 4 nitrogen and oxygen atoms in total. The summed E-state index contributed by atoms with van der Waals surface area (Å²) < 4.78 is 9.75. The number of nitrogens with one attached hydrogen (secondary N) is 1. The van der Waals surface area contributed by atoms with Crippen molar-refractivity contribution in [1.82, 2.24) is 0 Å². The van der Waals surface area contributed by atoms with Gasteiger partial charge in [-0.1, -0.05) is 25.1 Å². The van der Waals surface area contributed by atoms with Gasteiger partial charge in [0.05, 0.1) is 13.7 Å². The quantitative estimate of drug-likeness (QED) is 0.607. The van der Waals surface area contributed by atoms with E-state index in [1.165, 1.54) is 7.11 Å². The molecule has 4 heteroatoms. The molecular weight excluding hydrogens is 242 g/mol. The van der Waals surface area contributed by atoms with Gasteiger partial charge in [-0.3, -0.25) is 0 Å². The van der Waals surface area contributed by atoms with Gasteiger partial charge < -0.3 is 14.8 Å². The third-order valence-electron chi connectivity index (χ3n) is 2.75. The zero-order valence-electron chi connectivity index (χ0n) is 11.7. The highest BCUT2D eigenvalue weighted by Gasteiger charge is 2.05. The Kier molecular flexibility index (Phi) is 6.68. The summed E-state index contributed by atoms with van der Waals surface area (Å²) in [6.07, 6.45) is 2.52. The predicted molar refractivity (Wildman–Crippen MR) is 76.0 cm³/mol. The molecule has 1 rings (SSSR count). The van der Waals surface area contributed by atoms with Crippen molar-refractivity contribution in [2.24, 2.45) is 0 Å². The van der Waals surface area contributed by atoms with Crippen LogP contribution in [0.4, 0.5) is 5.69 Å². The van der Waals surface area contributed by atoms with E-state index in [2.05, 4.69) is 5.32 Å². The van der Waals surface area contributed by atoms with Gasteiger partial charge in [0.1, 0.15) is 0 Å². The first-order valence-corrected chi connectivity index (χ1v) is 6.30. The van der Waals surface area contributed by atoms with Crippen molar-refractivity contribution in [1.29, 1.82) is 0 Å². The lowest BCUT2D eigenvalue weighted by Gasteiger charge is -2.06. The van der Waals surface area contributed by atoms with Gasteiger partial charge in [0.25, 0.3) is 0 Å². The standard InChI is InChI=1S/C15H21NO3/c1-4-13(15(17)19-3)9-10-16-14-7-5-12(6-8-14)11-18-2/h5-9,16H,4,10-11H2,1-3H3/b13-9-. The second-order valence-electron chi connectivity index (χ2n) is 4.09. The summed E-state index contributed by atoms with van der Waals surface area (Å²) in [4.78, 5) is 11.4. The molecule has 0 heterocycles. The maximum Gasteiger partial charge on any atom is 0.333 e. The topological polar surface area (TPSA) is 47.6 Å². The number of hydrogen-bond donors (Lipinski definition) is 1. The van der Waals surface area contributed by atoms with Crippen molar-refractivity contribution in [3.05, 3.63) is 41.5 Å². The van der Waals surface area contributed by atoms with E-state index in [1.807, 2.05) is 37.3 Å². The summed E-state index contributed by atoms with van der Waals surface area (Å²) >= 11 is 0. The van der Waals surface area contributed by atoms with Crippen molar-refractivity contribution in [3.8, 4) is 0 Å². The summed E-state index contributed by atoms with van der Waals surface area (Å²) in [5.41, 5.74) is 2.83. The lowest BCUT2D eigenvalue weighted by molar-refractivity contribution is -0.136. The Morgan fingerprint density at radius 1 is 1.26 bits per heavy atom. The number of methoxy groups -OCH3 is 2. The lowest BCUT2D eigenvalue weighted by Crippen LogP contribution is -2.07. The van der Waals surface area contributed by atoms with Gasteiger partial charge in [0, 0.05) is 24.9 Å². The summed E-state index contributed by atoms with van der Waals surface area (Å²) in [5, 5.41) is 3.23. The smallest absolute Gasteiger partial charge is 0.333 e. The van der Waals surface area contributed by atoms with Crippen molar-refractivity contribution >= 4 is 11.7 Å². The van der Waals surface area contributed by atoms with Crippen molar-refractivity contribution in [2.45, 2.75) is 20.0 Å². The Morgan fingerprint density at radius 2 is 1.95 bits per heavy atom. The minimum atomic E-state index is -0.264. The average molecular weight is 263 g/mol. The third kappa shape index (κ3) is 5.14. The monoisotopic (exact) mass is 263 g/mol. The zero-order valence-corrected chi connectivity index (χ0v) is 11.7. The molecule has 1 N–H and O–H groups in total. The summed E-state index contributed by atoms with van der Waals surface area (Å²) in [7, 11) is 3.07. The first kappa shape index (κ1) is 15.2. The van der Waals surface area contributed by atoms with Crippen molar-refractivity contribution in [2.75, 3.05) is 26.1 Å². The minimum absolute atomic E-state index is 0.264. The highest BCUT2D eigenvalue weighted by Crippen LogP contribution is 2.10. The van der Waals surface area contributed by atoms with Crippen LogP contribution in [0.3, 0.4) is 0 Å². The van der Waals surface area contributed by atoms with E-state index < -0.39 is 0 Å². The number of benzene rings is 1. The largest absolute Gasteiger partial charge is 0.466 e. The maximum atomic E-state index is 11.4. The maximum absolute atomic E-state index is 11.4. The number of rotatable bonds is 7. The minimum Gasteiger partial charge on any atom is -0.466 e. The van der Waals surface area contributed by atoms with Crippen LogP contribution in [0.1, 0.15) is 18.9 Å². The Balaban J connectivity index is 2.52. The second kappa shape index (κ2) is 8.32. The molecule has 0 bridgehead atoms. The molecule has 0 aliphatic rings. The first-order valence-electron chi connectivity index (χ1n) is 6.30. The molecule has 1 aromatic rings. The molecule has 104 valence electrons. The molecule has 0 aliphatic carbocycles. The highest BCUT2D eigenvalue weighted by molar-refractivity contribution is 5.88. The zero-order chi connectivity index (χ0) is 14.1. The van der Waals surface area contributed by atoms with Crippen LogP contribution in [-0.2, 0) is 20.9 Å². The molecule has 0 saturated heterocycles. The van der Waals surface area contributed by atoms with E-state index in [-0.39, 0.29) is 5.97 Å². The Morgan fingerprint density at radius 3 is 2.47 bits per heavy atom. The van der Waals surface area contributed by atoms with Crippen LogP contribution in [0.25, 0.3) is 0 Å². The van der Waals surface area contributed by atoms with Gasteiger partial charge in [-0.2, -0.15) is 0 Å². The van der Waals surface area contributed by atoms with Crippen LogP contribution in [-0.4, -0.2) is 26.7 Å². The molecule has 19 heavy (non-hydrogen) atoms. The van der Waals surface area contributed by atoms with Gasteiger partial charge in [-0.25, -0.2) is 4.79 Å². The molecular formula is C15H21NO3. The van der Waals surface area contributed by atoms with Gasteiger partial charge in [0.15, 0.2) is 0 Å². The van der Waals surface area contributed by atoms with Crippen LogP contribution in [0, 0.1) is 0 Å². The van der Waals surface area contributed by atoms with Crippen LogP contribution < -0.4 is 5.32 Å². The number of carbonyl (C=O) groups excluding carboxylic acids is 1. The van der Waals surface area contributed by atoms with Gasteiger partial charge in [0.2, 0.25) is 0 Å². The Bertz CT molecular complexity index is 424. The number of anilines is 1. The Labute approximate surface area is 114 Å². The first-order chi connectivity index (χ1) is 9.21. The average Bonchev–Trinajstić information content (AvgIpc) is 2.45. The predicted octanol–water partition coefficient (Wildman–Crippen LogP) is 2.75. The van der Waals surface area contributed by atoms with Crippen LogP contribution in [0.15, 0.2) is 35.9 Å². The molecule has 0 aliphatic heterocycles. The molecule has 1 aromatic carbocycles. The van der Waals surface area contributed by atoms with E-state index >= 15 is 0 Å². The number of ether oxygens (including phenoxy) is 2. The van der Waals surface area contributed by atoms with E-state index in [0.717, 1.165) is 11.3 Å². The van der Waals surface area contributed by atoms with Crippen LogP contribution >= 0.6 is 0 Å². The second-order valence-corrected chi connectivity index (χ2v) is 4.09. The molecule has 0 atom stereocenters. The Hall–Kier alpha value is -1.81. The van der Waals surface area contributed by atoms with Crippen LogP contribution in [0.5, 0.6) is 0 Å². The van der Waals surface area contributed by atoms with Gasteiger partial charge in [-0.15, -0.1) is 0 Å². The van der Waals surface area contributed by atoms with Crippen LogP contribution in [0.2, 0.25) is 0 Å². The normalized spacial score (nSPS) is 11.2. The van der Waals surface area contributed by atoms with E-state index in [9.17, 15) is 4.79 Å². The number of carbonyl (C=O) groups is 1. The number of hydrogen-bond acceptors (Lipinski definition) is 4. The molecule has 0 spiro atoms.